The van der Waals surface area contributed by atoms with E-state index in [0.717, 1.165) is 25.9 Å². The Kier molecular flexibility index (Phi) is 5.58. The molecule has 22 heavy (non-hydrogen) atoms. The molecule has 0 aliphatic carbocycles. The van der Waals surface area contributed by atoms with Gasteiger partial charge in [-0.25, -0.2) is 0 Å². The summed E-state index contributed by atoms with van der Waals surface area (Å²) in [6.07, 6.45) is 3.16. The average molecular weight is 302 g/mol. The van der Waals surface area contributed by atoms with Crippen LogP contribution >= 0.6 is 0 Å². The number of hydrogen-bond donors (Lipinski definition) is 1. The Bertz CT molecular complexity index is 524. The van der Waals surface area contributed by atoms with Crippen LogP contribution in [0.25, 0.3) is 0 Å². The van der Waals surface area contributed by atoms with Crippen molar-refractivity contribution < 1.29 is 9.59 Å². The van der Waals surface area contributed by atoms with Gasteiger partial charge in [-0.1, -0.05) is 13.8 Å². The molecule has 1 N–H and O–H groups in total. The Morgan fingerprint density at radius 3 is 2.50 bits per heavy atom. The SMILES string of the molecule is CCC(C)NC(=O)c1ccc(C(=O)N2CCCC(C)C2)cc1. The summed E-state index contributed by atoms with van der Waals surface area (Å²) in [5.74, 6) is 0.554. The molecule has 0 radical (unpaired) electrons. The van der Waals surface area contributed by atoms with Crippen LogP contribution in [0.15, 0.2) is 24.3 Å². The highest BCUT2D eigenvalue weighted by Gasteiger charge is 2.22. The molecule has 1 aromatic rings. The number of benzene rings is 1. The van der Waals surface area contributed by atoms with E-state index in [2.05, 4.69) is 12.2 Å². The van der Waals surface area contributed by atoms with E-state index in [1.807, 2.05) is 18.7 Å². The van der Waals surface area contributed by atoms with Gasteiger partial charge in [0.1, 0.15) is 0 Å². The Hall–Kier alpha value is -1.84. The van der Waals surface area contributed by atoms with Gasteiger partial charge in [-0.15, -0.1) is 0 Å². The second-order valence-corrected chi connectivity index (χ2v) is 6.36. The minimum atomic E-state index is -0.0834. The van der Waals surface area contributed by atoms with E-state index in [-0.39, 0.29) is 17.9 Å². The Morgan fingerprint density at radius 2 is 1.91 bits per heavy atom. The minimum absolute atomic E-state index is 0.0698. The first-order chi connectivity index (χ1) is 10.5. The number of carbonyl (C=O) groups is 2. The Balaban J connectivity index is 2.02. The van der Waals surface area contributed by atoms with Crippen molar-refractivity contribution in [3.63, 3.8) is 0 Å². The molecule has 1 heterocycles. The first-order valence-corrected chi connectivity index (χ1v) is 8.21. The Labute approximate surface area is 132 Å². The quantitative estimate of drug-likeness (QED) is 0.929. The van der Waals surface area contributed by atoms with Crippen LogP contribution < -0.4 is 5.32 Å². The van der Waals surface area contributed by atoms with Gasteiger partial charge in [-0.2, -0.15) is 0 Å². The van der Waals surface area contributed by atoms with E-state index in [1.165, 1.54) is 6.42 Å². The fraction of sp³-hybridized carbons (Fsp3) is 0.556. The van der Waals surface area contributed by atoms with E-state index >= 15 is 0 Å². The average Bonchev–Trinajstić information content (AvgIpc) is 2.54. The lowest BCUT2D eigenvalue weighted by molar-refractivity contribution is 0.0682. The van der Waals surface area contributed by atoms with Crippen molar-refractivity contribution in [2.75, 3.05) is 13.1 Å². The maximum atomic E-state index is 12.5. The number of carbonyl (C=O) groups excluding carboxylic acids is 2. The molecule has 0 aromatic heterocycles. The topological polar surface area (TPSA) is 49.4 Å². The highest BCUT2D eigenvalue weighted by Crippen LogP contribution is 2.18. The lowest BCUT2D eigenvalue weighted by atomic mass is 9.99. The molecule has 2 rings (SSSR count). The largest absolute Gasteiger partial charge is 0.350 e. The third-order valence-corrected chi connectivity index (χ3v) is 4.33. The molecule has 4 nitrogen and oxygen atoms in total. The van der Waals surface area contributed by atoms with Crippen LogP contribution in [-0.2, 0) is 0 Å². The van der Waals surface area contributed by atoms with E-state index in [0.29, 0.717) is 17.0 Å². The van der Waals surface area contributed by atoms with Crippen molar-refractivity contribution in [1.82, 2.24) is 10.2 Å². The van der Waals surface area contributed by atoms with Crippen molar-refractivity contribution in [2.45, 2.75) is 46.1 Å². The molecule has 1 aliphatic heterocycles. The van der Waals surface area contributed by atoms with Gasteiger partial charge in [0, 0.05) is 30.3 Å². The predicted molar refractivity (Wildman–Crippen MR) is 88.0 cm³/mol. The normalized spacial score (nSPS) is 19.6. The van der Waals surface area contributed by atoms with Crippen LogP contribution in [0, 0.1) is 5.92 Å². The third kappa shape index (κ3) is 4.09. The van der Waals surface area contributed by atoms with E-state index < -0.39 is 0 Å². The van der Waals surface area contributed by atoms with Gasteiger partial charge in [0.25, 0.3) is 11.8 Å². The molecule has 0 bridgehead atoms. The fourth-order valence-electron chi connectivity index (χ4n) is 2.73. The maximum Gasteiger partial charge on any atom is 0.253 e. The van der Waals surface area contributed by atoms with E-state index in [9.17, 15) is 9.59 Å². The van der Waals surface area contributed by atoms with Crippen LogP contribution in [0.4, 0.5) is 0 Å². The number of likely N-dealkylation sites (tertiary alicyclic amines) is 1. The van der Waals surface area contributed by atoms with Gasteiger partial charge >= 0.3 is 0 Å². The highest BCUT2D eigenvalue weighted by molar-refractivity contribution is 5.97. The van der Waals surface area contributed by atoms with Gasteiger partial charge in [0.2, 0.25) is 0 Å². The third-order valence-electron chi connectivity index (χ3n) is 4.33. The van der Waals surface area contributed by atoms with Crippen LogP contribution in [-0.4, -0.2) is 35.8 Å². The molecule has 1 aromatic carbocycles. The fourth-order valence-corrected chi connectivity index (χ4v) is 2.73. The molecule has 2 atom stereocenters. The second kappa shape index (κ2) is 7.43. The summed E-state index contributed by atoms with van der Waals surface area (Å²) in [6, 6.07) is 7.14. The summed E-state index contributed by atoms with van der Waals surface area (Å²) in [7, 11) is 0. The zero-order valence-corrected chi connectivity index (χ0v) is 13.8. The number of nitrogens with one attached hydrogen (secondary N) is 1. The highest BCUT2D eigenvalue weighted by atomic mass is 16.2. The summed E-state index contributed by atoms with van der Waals surface area (Å²) in [5, 5.41) is 2.93. The summed E-state index contributed by atoms with van der Waals surface area (Å²) in [4.78, 5) is 26.4. The summed E-state index contributed by atoms with van der Waals surface area (Å²) in [5.41, 5.74) is 1.26. The smallest absolute Gasteiger partial charge is 0.253 e. The molecule has 1 fully saturated rings. The lowest BCUT2D eigenvalue weighted by Gasteiger charge is -2.31. The van der Waals surface area contributed by atoms with Gasteiger partial charge in [-0.3, -0.25) is 9.59 Å². The lowest BCUT2D eigenvalue weighted by Crippen LogP contribution is -2.39. The monoisotopic (exact) mass is 302 g/mol. The first kappa shape index (κ1) is 16.5. The zero-order valence-electron chi connectivity index (χ0n) is 13.8. The molecule has 0 spiro atoms. The molecular weight excluding hydrogens is 276 g/mol. The standard InChI is InChI=1S/C18H26N2O2/c1-4-14(3)19-17(21)15-7-9-16(10-8-15)18(22)20-11-5-6-13(2)12-20/h7-10,13-14H,4-6,11-12H2,1-3H3,(H,19,21). The minimum Gasteiger partial charge on any atom is -0.350 e. The summed E-state index contributed by atoms with van der Waals surface area (Å²) in [6.45, 7) is 7.86. The molecule has 1 saturated heterocycles. The van der Waals surface area contributed by atoms with Crippen LogP contribution in [0.5, 0.6) is 0 Å². The second-order valence-electron chi connectivity index (χ2n) is 6.36. The van der Waals surface area contributed by atoms with Crippen LogP contribution in [0.2, 0.25) is 0 Å². The van der Waals surface area contributed by atoms with Crippen molar-refractivity contribution in [1.29, 1.82) is 0 Å². The van der Waals surface area contributed by atoms with Gasteiger partial charge in [0.15, 0.2) is 0 Å². The molecular formula is C18H26N2O2. The zero-order chi connectivity index (χ0) is 16.1. The number of hydrogen-bond acceptors (Lipinski definition) is 2. The van der Waals surface area contributed by atoms with Crippen molar-refractivity contribution >= 4 is 11.8 Å². The molecule has 4 heteroatoms. The number of piperidine rings is 1. The molecule has 2 unspecified atom stereocenters. The number of nitrogens with zero attached hydrogens (tertiary/aromatic N) is 1. The van der Waals surface area contributed by atoms with Gasteiger partial charge in [-0.05, 0) is 56.4 Å². The first-order valence-electron chi connectivity index (χ1n) is 8.21. The summed E-state index contributed by atoms with van der Waals surface area (Å²) < 4.78 is 0. The van der Waals surface area contributed by atoms with E-state index in [1.54, 1.807) is 24.3 Å². The maximum absolute atomic E-state index is 12.5. The van der Waals surface area contributed by atoms with Crippen LogP contribution in [0.3, 0.4) is 0 Å². The molecule has 1 aliphatic rings. The van der Waals surface area contributed by atoms with E-state index in [4.69, 9.17) is 0 Å². The van der Waals surface area contributed by atoms with Crippen LogP contribution in [0.1, 0.15) is 60.7 Å². The van der Waals surface area contributed by atoms with Crippen molar-refractivity contribution in [3.05, 3.63) is 35.4 Å². The molecule has 2 amide bonds. The summed E-state index contributed by atoms with van der Waals surface area (Å²) >= 11 is 0. The van der Waals surface area contributed by atoms with Gasteiger partial charge in [0.05, 0.1) is 0 Å². The Morgan fingerprint density at radius 1 is 1.27 bits per heavy atom. The number of rotatable bonds is 4. The van der Waals surface area contributed by atoms with Crippen molar-refractivity contribution in [3.8, 4) is 0 Å². The predicted octanol–water partition coefficient (Wildman–Crippen LogP) is 3.09. The molecule has 0 saturated carbocycles. The number of amides is 2. The van der Waals surface area contributed by atoms with Crippen molar-refractivity contribution in [2.24, 2.45) is 5.92 Å². The van der Waals surface area contributed by atoms with Gasteiger partial charge < -0.3 is 10.2 Å². The molecule has 120 valence electrons.